The summed E-state index contributed by atoms with van der Waals surface area (Å²) in [4.78, 5) is 0. The van der Waals surface area contributed by atoms with Crippen LogP contribution in [-0.4, -0.2) is 0 Å². The van der Waals surface area contributed by atoms with E-state index in [1.807, 2.05) is 0 Å². The topological polar surface area (TPSA) is 0 Å². The number of benzene rings is 1. The molecule has 0 spiro atoms. The molecule has 0 nitrogen and oxygen atoms in total. The standard InChI is InChI=1S/C14H21Br/c1-4-6-11-14(3,5-2)12-9-7-8-10-13(12)15/h7-10H,4-6,11H2,1-3H3. The van der Waals surface area contributed by atoms with Gasteiger partial charge in [-0.1, -0.05) is 67.7 Å². The lowest BCUT2D eigenvalue weighted by Crippen LogP contribution is -2.21. The van der Waals surface area contributed by atoms with Gasteiger partial charge in [0.05, 0.1) is 0 Å². The fourth-order valence-corrected chi connectivity index (χ4v) is 2.78. The highest BCUT2D eigenvalue weighted by Crippen LogP contribution is 2.37. The lowest BCUT2D eigenvalue weighted by molar-refractivity contribution is 0.401. The minimum atomic E-state index is 0.329. The molecule has 84 valence electrons. The molecule has 0 saturated carbocycles. The maximum Gasteiger partial charge on any atom is 0.0212 e. The van der Waals surface area contributed by atoms with Gasteiger partial charge in [-0.2, -0.15) is 0 Å². The van der Waals surface area contributed by atoms with Crippen LogP contribution in [0.3, 0.4) is 0 Å². The summed E-state index contributed by atoms with van der Waals surface area (Å²) in [5.41, 5.74) is 1.79. The van der Waals surface area contributed by atoms with Gasteiger partial charge < -0.3 is 0 Å². The van der Waals surface area contributed by atoms with E-state index >= 15 is 0 Å². The fraction of sp³-hybridized carbons (Fsp3) is 0.571. The second-order valence-corrected chi connectivity index (χ2v) is 5.35. The largest absolute Gasteiger partial charge is 0.0654 e. The van der Waals surface area contributed by atoms with Crippen molar-refractivity contribution in [2.24, 2.45) is 0 Å². The van der Waals surface area contributed by atoms with Crippen LogP contribution in [0, 0.1) is 0 Å². The SMILES string of the molecule is CCCCC(C)(CC)c1ccccc1Br. The molecule has 0 aliphatic carbocycles. The van der Waals surface area contributed by atoms with Crippen molar-refractivity contribution in [1.29, 1.82) is 0 Å². The average molecular weight is 269 g/mol. The third-order valence-corrected chi connectivity index (χ3v) is 4.08. The Kier molecular flexibility index (Phi) is 4.85. The van der Waals surface area contributed by atoms with Crippen molar-refractivity contribution < 1.29 is 0 Å². The van der Waals surface area contributed by atoms with Crippen molar-refractivity contribution in [2.45, 2.75) is 51.9 Å². The zero-order valence-electron chi connectivity index (χ0n) is 10.0. The van der Waals surface area contributed by atoms with Gasteiger partial charge in [0.25, 0.3) is 0 Å². The Labute approximate surface area is 102 Å². The molecule has 1 unspecified atom stereocenters. The van der Waals surface area contributed by atoms with Crippen molar-refractivity contribution in [3.05, 3.63) is 34.3 Å². The van der Waals surface area contributed by atoms with E-state index < -0.39 is 0 Å². The van der Waals surface area contributed by atoms with Gasteiger partial charge in [-0.05, 0) is 29.9 Å². The van der Waals surface area contributed by atoms with Crippen molar-refractivity contribution in [2.75, 3.05) is 0 Å². The Morgan fingerprint density at radius 1 is 1.20 bits per heavy atom. The molecule has 0 bridgehead atoms. The smallest absolute Gasteiger partial charge is 0.0212 e. The molecule has 0 aliphatic rings. The lowest BCUT2D eigenvalue weighted by atomic mass is 9.76. The molecule has 0 aromatic heterocycles. The van der Waals surface area contributed by atoms with E-state index in [1.165, 1.54) is 35.7 Å². The van der Waals surface area contributed by atoms with Crippen molar-refractivity contribution >= 4 is 15.9 Å². The highest BCUT2D eigenvalue weighted by atomic mass is 79.9. The highest BCUT2D eigenvalue weighted by molar-refractivity contribution is 9.10. The molecule has 0 heterocycles. The Morgan fingerprint density at radius 3 is 2.40 bits per heavy atom. The summed E-state index contributed by atoms with van der Waals surface area (Å²) in [6.45, 7) is 6.92. The fourth-order valence-electron chi connectivity index (χ4n) is 2.02. The summed E-state index contributed by atoms with van der Waals surface area (Å²) in [5.74, 6) is 0. The number of hydrogen-bond donors (Lipinski definition) is 0. The zero-order valence-corrected chi connectivity index (χ0v) is 11.6. The quantitative estimate of drug-likeness (QED) is 0.679. The molecule has 15 heavy (non-hydrogen) atoms. The van der Waals surface area contributed by atoms with E-state index in [0.29, 0.717) is 5.41 Å². The molecule has 1 aromatic rings. The van der Waals surface area contributed by atoms with Crippen LogP contribution in [0.15, 0.2) is 28.7 Å². The van der Waals surface area contributed by atoms with Crippen LogP contribution in [0.4, 0.5) is 0 Å². The maximum atomic E-state index is 3.66. The summed E-state index contributed by atoms with van der Waals surface area (Å²) in [7, 11) is 0. The van der Waals surface area contributed by atoms with Gasteiger partial charge in [0.1, 0.15) is 0 Å². The molecule has 0 radical (unpaired) electrons. The predicted molar refractivity (Wildman–Crippen MR) is 71.3 cm³/mol. The molecule has 1 rings (SSSR count). The van der Waals surface area contributed by atoms with Crippen LogP contribution < -0.4 is 0 Å². The monoisotopic (exact) mass is 268 g/mol. The molecule has 0 fully saturated rings. The van der Waals surface area contributed by atoms with Crippen molar-refractivity contribution in [3.63, 3.8) is 0 Å². The molecular formula is C14H21Br. The summed E-state index contributed by atoms with van der Waals surface area (Å²) in [5, 5.41) is 0. The Morgan fingerprint density at radius 2 is 1.87 bits per heavy atom. The van der Waals surface area contributed by atoms with Crippen LogP contribution >= 0.6 is 15.9 Å². The van der Waals surface area contributed by atoms with E-state index in [2.05, 4.69) is 61.0 Å². The molecule has 0 amide bonds. The van der Waals surface area contributed by atoms with Gasteiger partial charge in [-0.15, -0.1) is 0 Å². The van der Waals surface area contributed by atoms with Crippen LogP contribution in [0.1, 0.15) is 52.0 Å². The van der Waals surface area contributed by atoms with Gasteiger partial charge in [0.15, 0.2) is 0 Å². The van der Waals surface area contributed by atoms with Gasteiger partial charge in [0.2, 0.25) is 0 Å². The van der Waals surface area contributed by atoms with Crippen LogP contribution in [0.25, 0.3) is 0 Å². The minimum absolute atomic E-state index is 0.329. The third-order valence-electron chi connectivity index (χ3n) is 3.39. The Balaban J connectivity index is 2.95. The van der Waals surface area contributed by atoms with Crippen LogP contribution in [-0.2, 0) is 5.41 Å². The minimum Gasteiger partial charge on any atom is -0.0654 e. The molecule has 1 heteroatoms. The second kappa shape index (κ2) is 5.69. The first-order valence-corrected chi connectivity index (χ1v) is 6.68. The van der Waals surface area contributed by atoms with Gasteiger partial charge in [-0.3, -0.25) is 0 Å². The average Bonchev–Trinajstić information content (AvgIpc) is 2.26. The van der Waals surface area contributed by atoms with Crippen LogP contribution in [0.5, 0.6) is 0 Å². The Hall–Kier alpha value is -0.300. The maximum absolute atomic E-state index is 3.66. The number of halogens is 1. The van der Waals surface area contributed by atoms with Crippen molar-refractivity contribution in [1.82, 2.24) is 0 Å². The second-order valence-electron chi connectivity index (χ2n) is 4.50. The van der Waals surface area contributed by atoms with Gasteiger partial charge in [-0.25, -0.2) is 0 Å². The van der Waals surface area contributed by atoms with E-state index in [-0.39, 0.29) is 0 Å². The summed E-state index contributed by atoms with van der Waals surface area (Å²) in [6.07, 6.45) is 5.07. The first kappa shape index (κ1) is 12.8. The van der Waals surface area contributed by atoms with E-state index in [0.717, 1.165) is 0 Å². The number of unbranched alkanes of at least 4 members (excludes halogenated alkanes) is 1. The molecule has 0 aliphatic heterocycles. The van der Waals surface area contributed by atoms with Gasteiger partial charge >= 0.3 is 0 Å². The highest BCUT2D eigenvalue weighted by Gasteiger charge is 2.25. The summed E-state index contributed by atoms with van der Waals surface area (Å²) < 4.78 is 1.26. The third kappa shape index (κ3) is 3.07. The first-order valence-electron chi connectivity index (χ1n) is 5.89. The number of hydrogen-bond acceptors (Lipinski definition) is 0. The van der Waals surface area contributed by atoms with Crippen LogP contribution in [0.2, 0.25) is 0 Å². The normalized spacial score (nSPS) is 14.9. The molecular weight excluding hydrogens is 248 g/mol. The van der Waals surface area contributed by atoms with Crippen molar-refractivity contribution in [3.8, 4) is 0 Å². The van der Waals surface area contributed by atoms with E-state index in [1.54, 1.807) is 0 Å². The number of rotatable bonds is 5. The Bertz CT molecular complexity index is 306. The zero-order chi connectivity index (χ0) is 11.3. The lowest BCUT2D eigenvalue weighted by Gasteiger charge is -2.30. The molecule has 0 saturated heterocycles. The van der Waals surface area contributed by atoms with E-state index in [9.17, 15) is 0 Å². The first-order chi connectivity index (χ1) is 7.14. The molecule has 1 atom stereocenters. The predicted octanol–water partition coefficient (Wildman–Crippen LogP) is 5.31. The molecule has 0 N–H and O–H groups in total. The summed E-state index contributed by atoms with van der Waals surface area (Å²) >= 11 is 3.66. The van der Waals surface area contributed by atoms with Gasteiger partial charge in [0, 0.05) is 4.47 Å². The molecule has 1 aromatic carbocycles. The summed E-state index contributed by atoms with van der Waals surface area (Å²) in [6, 6.07) is 8.63. The van der Waals surface area contributed by atoms with E-state index in [4.69, 9.17) is 0 Å².